The molecule has 2 fully saturated rings. The van der Waals surface area contributed by atoms with Gasteiger partial charge >= 0.3 is 0 Å². The van der Waals surface area contributed by atoms with E-state index < -0.39 is 0 Å². The molecular formula is C14H27NO2S. The van der Waals surface area contributed by atoms with Gasteiger partial charge in [0.2, 0.25) is 5.91 Å². The number of carbonyl (C=O) groups excluding carboxylic acids is 1. The van der Waals surface area contributed by atoms with Crippen LogP contribution in [0.15, 0.2) is 0 Å². The molecule has 106 valence electrons. The molecule has 0 unspecified atom stereocenters. The Labute approximate surface area is 116 Å². The quantitative estimate of drug-likeness (QED) is 0.561. The van der Waals surface area contributed by atoms with Gasteiger partial charge in [-0.25, -0.2) is 0 Å². The topological polar surface area (TPSA) is 38.3 Å². The highest BCUT2D eigenvalue weighted by Gasteiger charge is 2.45. The second kappa shape index (κ2) is 7.39. The molecule has 0 radical (unpaired) electrons. The zero-order valence-corrected chi connectivity index (χ0v) is 12.9. The van der Waals surface area contributed by atoms with Crippen molar-refractivity contribution in [1.82, 2.24) is 4.72 Å². The van der Waals surface area contributed by atoms with Crippen LogP contribution in [-0.2, 0) is 8.98 Å². The molecule has 2 aliphatic rings. The Bertz CT molecular complexity index is 267. The van der Waals surface area contributed by atoms with Crippen molar-refractivity contribution >= 4 is 18.1 Å². The van der Waals surface area contributed by atoms with Gasteiger partial charge in [0.05, 0.1) is 5.60 Å². The number of rotatable bonds is 7. The van der Waals surface area contributed by atoms with Crippen molar-refractivity contribution in [2.24, 2.45) is 11.8 Å². The average Bonchev–Trinajstić information content (AvgIpc) is 3.26. The Hall–Kier alpha value is -0.220. The highest BCUT2D eigenvalue weighted by Crippen LogP contribution is 2.46. The summed E-state index contributed by atoms with van der Waals surface area (Å²) in [5.74, 6) is 1.03. The van der Waals surface area contributed by atoms with Crippen LogP contribution < -0.4 is 4.72 Å². The zero-order valence-electron chi connectivity index (χ0n) is 12.1. The first-order valence-corrected chi connectivity index (χ1v) is 8.09. The fraction of sp³-hybridized carbons (Fsp3) is 0.929. The summed E-state index contributed by atoms with van der Waals surface area (Å²) in [7, 11) is 0. The molecule has 2 atom stereocenters. The second-order valence-corrected chi connectivity index (χ2v) is 5.61. The van der Waals surface area contributed by atoms with E-state index in [1.54, 1.807) is 0 Å². The lowest BCUT2D eigenvalue weighted by atomic mass is 10.2. The predicted molar refractivity (Wildman–Crippen MR) is 76.9 cm³/mol. The number of nitrogens with one attached hydrogen (secondary N) is 1. The van der Waals surface area contributed by atoms with Crippen LogP contribution in [0.2, 0.25) is 0 Å². The molecule has 0 bridgehead atoms. The van der Waals surface area contributed by atoms with Crippen molar-refractivity contribution < 1.29 is 8.98 Å². The summed E-state index contributed by atoms with van der Waals surface area (Å²) in [6.07, 6.45) is 6.72. The number of hydrogen-bond donors (Lipinski definition) is 1. The summed E-state index contributed by atoms with van der Waals surface area (Å²) in [5.41, 5.74) is 0.0837. The molecule has 0 aromatic rings. The van der Waals surface area contributed by atoms with Crippen molar-refractivity contribution in [2.45, 2.75) is 71.8 Å². The molecule has 2 aliphatic carbocycles. The smallest absolute Gasteiger partial charge is 0.234 e. The molecule has 0 spiro atoms. The van der Waals surface area contributed by atoms with Crippen LogP contribution in [0.25, 0.3) is 0 Å². The first-order valence-electron chi connectivity index (χ1n) is 7.35. The van der Waals surface area contributed by atoms with Crippen molar-refractivity contribution in [3.63, 3.8) is 0 Å². The van der Waals surface area contributed by atoms with Crippen molar-refractivity contribution in [3.8, 4) is 0 Å². The number of hydrogen-bond acceptors (Lipinski definition) is 3. The van der Waals surface area contributed by atoms with Gasteiger partial charge in [-0.1, -0.05) is 40.5 Å². The molecule has 4 heteroatoms. The largest absolute Gasteiger partial charge is 0.290 e. The standard InChI is InChI=1S/C12H21NO2S.C2H6/c1-3-5-12(6-7-12)15-16-13-11(14)10-8-9(10)4-2;1-2/h9-10H,3-8H2,1-2H3,(H,13,14);1-2H3/t9-,10+;/m1./s1. The lowest BCUT2D eigenvalue weighted by molar-refractivity contribution is -0.120. The average molecular weight is 273 g/mol. The van der Waals surface area contributed by atoms with Crippen LogP contribution in [0.5, 0.6) is 0 Å². The Morgan fingerprint density at radius 2 is 2.06 bits per heavy atom. The van der Waals surface area contributed by atoms with Crippen LogP contribution in [0.3, 0.4) is 0 Å². The number of carbonyl (C=O) groups is 1. The van der Waals surface area contributed by atoms with Crippen molar-refractivity contribution in [2.75, 3.05) is 0 Å². The maximum Gasteiger partial charge on any atom is 0.234 e. The number of amides is 1. The van der Waals surface area contributed by atoms with E-state index in [2.05, 4.69) is 18.6 Å². The van der Waals surface area contributed by atoms with Gasteiger partial charge in [-0.2, -0.15) is 0 Å². The molecule has 18 heavy (non-hydrogen) atoms. The van der Waals surface area contributed by atoms with Crippen LogP contribution in [0.4, 0.5) is 0 Å². The minimum atomic E-state index is 0.0837. The highest BCUT2D eigenvalue weighted by atomic mass is 32.2. The van der Waals surface area contributed by atoms with E-state index in [1.807, 2.05) is 13.8 Å². The predicted octanol–water partition coefficient (Wildman–Crippen LogP) is 4.09. The highest BCUT2D eigenvalue weighted by molar-refractivity contribution is 7.93. The van der Waals surface area contributed by atoms with E-state index in [0.29, 0.717) is 5.92 Å². The molecule has 2 saturated carbocycles. The van der Waals surface area contributed by atoms with Crippen LogP contribution in [0.1, 0.15) is 66.2 Å². The Morgan fingerprint density at radius 1 is 1.39 bits per heavy atom. The van der Waals surface area contributed by atoms with E-state index in [0.717, 1.165) is 50.8 Å². The molecule has 0 saturated heterocycles. The fourth-order valence-corrected chi connectivity index (χ4v) is 2.92. The molecule has 1 N–H and O–H groups in total. The van der Waals surface area contributed by atoms with E-state index in [-0.39, 0.29) is 17.4 Å². The van der Waals surface area contributed by atoms with Crippen molar-refractivity contribution in [3.05, 3.63) is 0 Å². The monoisotopic (exact) mass is 273 g/mol. The normalized spacial score (nSPS) is 26.9. The van der Waals surface area contributed by atoms with Gasteiger partial charge < -0.3 is 0 Å². The molecule has 3 nitrogen and oxygen atoms in total. The summed E-state index contributed by atoms with van der Waals surface area (Å²) in [4.78, 5) is 11.6. The van der Waals surface area contributed by atoms with Crippen LogP contribution in [0, 0.1) is 11.8 Å². The molecule has 2 rings (SSSR count). The second-order valence-electron chi connectivity index (χ2n) is 5.08. The van der Waals surface area contributed by atoms with Gasteiger partial charge in [-0.05, 0) is 31.6 Å². The lowest BCUT2D eigenvalue weighted by Crippen LogP contribution is -2.21. The summed E-state index contributed by atoms with van der Waals surface area (Å²) in [6, 6.07) is 0. The lowest BCUT2D eigenvalue weighted by Gasteiger charge is -2.13. The molecule has 0 aromatic heterocycles. The van der Waals surface area contributed by atoms with Gasteiger partial charge in [0.15, 0.2) is 0 Å². The van der Waals surface area contributed by atoms with E-state index in [1.165, 1.54) is 0 Å². The van der Waals surface area contributed by atoms with Crippen LogP contribution >= 0.6 is 12.2 Å². The van der Waals surface area contributed by atoms with E-state index >= 15 is 0 Å². The summed E-state index contributed by atoms with van der Waals surface area (Å²) in [6.45, 7) is 8.31. The fourth-order valence-electron chi connectivity index (χ4n) is 2.22. The Balaban J connectivity index is 0.000000771. The zero-order chi connectivity index (χ0) is 13.6. The van der Waals surface area contributed by atoms with E-state index in [9.17, 15) is 4.79 Å². The minimum Gasteiger partial charge on any atom is -0.290 e. The third kappa shape index (κ3) is 4.47. The van der Waals surface area contributed by atoms with Gasteiger partial charge in [0.1, 0.15) is 12.2 Å². The molecule has 0 aromatic carbocycles. The summed E-state index contributed by atoms with van der Waals surface area (Å²) in [5, 5.41) is 0. The van der Waals surface area contributed by atoms with Gasteiger partial charge in [0, 0.05) is 5.92 Å². The Kier molecular flexibility index (Phi) is 6.50. The molecule has 0 heterocycles. The minimum absolute atomic E-state index is 0.0837. The first-order chi connectivity index (χ1) is 8.71. The molecule has 1 amide bonds. The summed E-state index contributed by atoms with van der Waals surface area (Å²) >= 11 is 1.15. The third-order valence-corrected chi connectivity index (χ3v) is 4.38. The maximum absolute atomic E-state index is 11.6. The van der Waals surface area contributed by atoms with E-state index in [4.69, 9.17) is 4.18 Å². The summed E-state index contributed by atoms with van der Waals surface area (Å²) < 4.78 is 8.50. The first kappa shape index (κ1) is 15.8. The SMILES string of the molecule is CC.CCCC1(OSNC(=O)[C@H]2C[C@H]2CC)CC1. The third-order valence-electron chi connectivity index (χ3n) is 3.66. The Morgan fingerprint density at radius 3 is 2.50 bits per heavy atom. The van der Waals surface area contributed by atoms with Gasteiger partial charge in [0.25, 0.3) is 0 Å². The van der Waals surface area contributed by atoms with Gasteiger partial charge in [-0.3, -0.25) is 13.7 Å². The molecule has 0 aliphatic heterocycles. The van der Waals surface area contributed by atoms with Crippen molar-refractivity contribution in [1.29, 1.82) is 0 Å². The van der Waals surface area contributed by atoms with Crippen LogP contribution in [-0.4, -0.2) is 11.5 Å². The molecular weight excluding hydrogens is 246 g/mol. The maximum atomic E-state index is 11.6. The van der Waals surface area contributed by atoms with Gasteiger partial charge in [-0.15, -0.1) is 0 Å².